The zero-order chi connectivity index (χ0) is 24.9. The molecule has 34 heavy (non-hydrogen) atoms. The van der Waals surface area contributed by atoms with Crippen molar-refractivity contribution in [3.63, 3.8) is 0 Å². The van der Waals surface area contributed by atoms with Crippen molar-refractivity contribution in [3.05, 3.63) is 89.0 Å². The van der Waals surface area contributed by atoms with Crippen molar-refractivity contribution in [2.24, 2.45) is 0 Å². The molecule has 1 N–H and O–H groups in total. The molecule has 7 nitrogen and oxygen atoms in total. The largest absolute Gasteiger partial charge is 0.462 e. The standard InChI is InChI=1S/C26H28N2O5S/c1-5-33-26(30)22-10-8-11-23(20(22)4)27-25(29)17-28(24-12-7-6-9-19(24)3)34(31,32)21-15-13-18(2)14-16-21/h6-16H,5,17H2,1-4H3,(H,27,29). The predicted molar refractivity (Wildman–Crippen MR) is 133 cm³/mol. The molecule has 0 heterocycles. The summed E-state index contributed by atoms with van der Waals surface area (Å²) in [6.45, 7) is 6.87. The summed E-state index contributed by atoms with van der Waals surface area (Å²) >= 11 is 0. The number of nitrogens with one attached hydrogen (secondary N) is 1. The first-order valence-corrected chi connectivity index (χ1v) is 12.3. The Kier molecular flexibility index (Phi) is 7.73. The van der Waals surface area contributed by atoms with Crippen LogP contribution in [0.5, 0.6) is 0 Å². The van der Waals surface area contributed by atoms with Crippen LogP contribution < -0.4 is 9.62 Å². The third kappa shape index (κ3) is 5.46. The van der Waals surface area contributed by atoms with E-state index in [4.69, 9.17) is 4.74 Å². The summed E-state index contributed by atoms with van der Waals surface area (Å²) in [5, 5.41) is 2.75. The molecule has 3 rings (SSSR count). The van der Waals surface area contributed by atoms with Crippen molar-refractivity contribution in [2.45, 2.75) is 32.6 Å². The van der Waals surface area contributed by atoms with Gasteiger partial charge in [-0.25, -0.2) is 13.2 Å². The SMILES string of the molecule is CCOC(=O)c1cccc(NC(=O)CN(c2ccccc2C)S(=O)(=O)c2ccc(C)cc2)c1C. The molecule has 0 atom stereocenters. The van der Waals surface area contributed by atoms with Gasteiger partial charge in [-0.05, 0) is 69.2 Å². The van der Waals surface area contributed by atoms with Crippen molar-refractivity contribution in [1.82, 2.24) is 0 Å². The molecule has 0 aromatic heterocycles. The highest BCUT2D eigenvalue weighted by Crippen LogP contribution is 2.27. The summed E-state index contributed by atoms with van der Waals surface area (Å²) in [4.78, 5) is 25.4. The summed E-state index contributed by atoms with van der Waals surface area (Å²) < 4.78 is 33.3. The molecule has 0 saturated heterocycles. The molecule has 0 unspecified atom stereocenters. The zero-order valence-corrected chi connectivity index (χ0v) is 20.5. The number of aryl methyl sites for hydroxylation is 2. The topological polar surface area (TPSA) is 92.8 Å². The fourth-order valence-electron chi connectivity index (χ4n) is 3.50. The molecular weight excluding hydrogens is 452 g/mol. The summed E-state index contributed by atoms with van der Waals surface area (Å²) in [7, 11) is -4.02. The average Bonchev–Trinajstić information content (AvgIpc) is 2.80. The second-order valence-electron chi connectivity index (χ2n) is 7.86. The molecule has 0 bridgehead atoms. The van der Waals surface area contributed by atoms with Crippen LogP contribution >= 0.6 is 0 Å². The lowest BCUT2D eigenvalue weighted by molar-refractivity contribution is -0.114. The monoisotopic (exact) mass is 480 g/mol. The van der Waals surface area contributed by atoms with Crippen LogP contribution in [0.25, 0.3) is 0 Å². The van der Waals surface area contributed by atoms with E-state index >= 15 is 0 Å². The fraction of sp³-hybridized carbons (Fsp3) is 0.231. The minimum absolute atomic E-state index is 0.0923. The third-order valence-electron chi connectivity index (χ3n) is 5.38. The maximum Gasteiger partial charge on any atom is 0.338 e. The Labute approximate surface area is 200 Å². The number of benzene rings is 3. The lowest BCUT2D eigenvalue weighted by Gasteiger charge is -2.26. The first kappa shape index (κ1) is 25.0. The van der Waals surface area contributed by atoms with E-state index in [1.807, 2.05) is 6.92 Å². The molecule has 8 heteroatoms. The fourth-order valence-corrected chi connectivity index (χ4v) is 4.99. The highest BCUT2D eigenvalue weighted by Gasteiger charge is 2.28. The van der Waals surface area contributed by atoms with Crippen LogP contribution in [0, 0.1) is 20.8 Å². The Balaban J connectivity index is 1.95. The Bertz CT molecular complexity index is 1300. The molecule has 0 aliphatic rings. The molecule has 0 aliphatic carbocycles. The van der Waals surface area contributed by atoms with Gasteiger partial charge in [-0.2, -0.15) is 0 Å². The lowest BCUT2D eigenvalue weighted by Crippen LogP contribution is -2.38. The van der Waals surface area contributed by atoms with Crippen molar-refractivity contribution in [1.29, 1.82) is 0 Å². The van der Waals surface area contributed by atoms with Gasteiger partial charge in [-0.1, -0.05) is 42.0 Å². The van der Waals surface area contributed by atoms with E-state index in [9.17, 15) is 18.0 Å². The first-order chi connectivity index (χ1) is 16.1. The molecule has 0 aliphatic heterocycles. The van der Waals surface area contributed by atoms with Crippen LogP contribution in [-0.2, 0) is 19.6 Å². The minimum atomic E-state index is -4.02. The van der Waals surface area contributed by atoms with Crippen molar-refractivity contribution >= 4 is 33.3 Å². The highest BCUT2D eigenvalue weighted by molar-refractivity contribution is 7.92. The van der Waals surface area contributed by atoms with Gasteiger partial charge in [0.1, 0.15) is 6.54 Å². The smallest absolute Gasteiger partial charge is 0.338 e. The normalized spacial score (nSPS) is 11.1. The second-order valence-corrected chi connectivity index (χ2v) is 9.72. The molecule has 178 valence electrons. The first-order valence-electron chi connectivity index (χ1n) is 10.9. The van der Waals surface area contributed by atoms with Crippen molar-refractivity contribution < 1.29 is 22.7 Å². The van der Waals surface area contributed by atoms with Gasteiger partial charge in [0.25, 0.3) is 10.0 Å². The van der Waals surface area contributed by atoms with E-state index < -0.39 is 28.4 Å². The van der Waals surface area contributed by atoms with Crippen molar-refractivity contribution in [2.75, 3.05) is 22.8 Å². The van der Waals surface area contributed by atoms with E-state index in [1.165, 1.54) is 12.1 Å². The van der Waals surface area contributed by atoms with Gasteiger partial charge in [0.15, 0.2) is 0 Å². The van der Waals surface area contributed by atoms with Gasteiger partial charge in [-0.15, -0.1) is 0 Å². The van der Waals surface area contributed by atoms with E-state index in [0.717, 1.165) is 9.87 Å². The van der Waals surface area contributed by atoms with Gasteiger partial charge < -0.3 is 10.1 Å². The number of esters is 1. The van der Waals surface area contributed by atoms with Gasteiger partial charge >= 0.3 is 5.97 Å². The number of nitrogens with zero attached hydrogens (tertiary/aromatic N) is 1. The van der Waals surface area contributed by atoms with Gasteiger partial charge in [0.05, 0.1) is 22.8 Å². The number of hydrogen-bond donors (Lipinski definition) is 1. The predicted octanol–water partition coefficient (Wildman–Crippen LogP) is 4.62. The minimum Gasteiger partial charge on any atom is -0.462 e. The number of rotatable bonds is 8. The molecule has 3 aromatic rings. The molecule has 3 aromatic carbocycles. The van der Waals surface area contributed by atoms with Crippen LogP contribution in [0.15, 0.2) is 71.6 Å². The van der Waals surface area contributed by atoms with Crippen molar-refractivity contribution in [3.8, 4) is 0 Å². The number of para-hydroxylation sites is 1. The quantitative estimate of drug-likeness (QED) is 0.475. The molecule has 0 radical (unpaired) electrons. The molecule has 0 spiro atoms. The van der Waals surface area contributed by atoms with Crippen LogP contribution in [0.3, 0.4) is 0 Å². The average molecular weight is 481 g/mol. The van der Waals surface area contributed by atoms with E-state index in [2.05, 4.69) is 5.32 Å². The Morgan fingerprint density at radius 3 is 2.24 bits per heavy atom. The number of carbonyl (C=O) groups is 2. The molecule has 0 fully saturated rings. The zero-order valence-electron chi connectivity index (χ0n) is 19.7. The maximum atomic E-state index is 13.6. The number of ether oxygens (including phenoxy) is 1. The van der Waals surface area contributed by atoms with E-state index in [0.29, 0.717) is 28.1 Å². The summed E-state index contributed by atoms with van der Waals surface area (Å²) in [5.74, 6) is -1.03. The van der Waals surface area contributed by atoms with Crippen LogP contribution in [0.4, 0.5) is 11.4 Å². The van der Waals surface area contributed by atoms with E-state index in [1.54, 1.807) is 75.4 Å². The second kappa shape index (κ2) is 10.5. The third-order valence-corrected chi connectivity index (χ3v) is 7.16. The molecule has 1 amide bonds. The number of anilines is 2. The Morgan fingerprint density at radius 1 is 0.912 bits per heavy atom. The lowest BCUT2D eigenvalue weighted by atomic mass is 10.1. The maximum absolute atomic E-state index is 13.6. The van der Waals surface area contributed by atoms with Crippen LogP contribution in [0.2, 0.25) is 0 Å². The summed E-state index contributed by atoms with van der Waals surface area (Å²) in [6, 6.07) is 18.4. The van der Waals surface area contributed by atoms with E-state index in [-0.39, 0.29) is 11.5 Å². The highest BCUT2D eigenvalue weighted by atomic mass is 32.2. The number of amides is 1. The summed E-state index contributed by atoms with van der Waals surface area (Å²) in [5.41, 5.74) is 3.34. The molecular formula is C26H28N2O5S. The Morgan fingerprint density at radius 2 is 1.59 bits per heavy atom. The number of hydrogen-bond acceptors (Lipinski definition) is 5. The van der Waals surface area contributed by atoms with Gasteiger partial charge in [0.2, 0.25) is 5.91 Å². The Hall–Kier alpha value is -3.65. The number of carbonyl (C=O) groups excluding carboxylic acids is 2. The summed E-state index contributed by atoms with van der Waals surface area (Å²) in [6.07, 6.45) is 0. The van der Waals surface area contributed by atoms with Gasteiger partial charge in [-0.3, -0.25) is 9.10 Å². The van der Waals surface area contributed by atoms with Gasteiger partial charge in [0, 0.05) is 5.69 Å². The number of sulfonamides is 1. The molecule has 0 saturated carbocycles. The van der Waals surface area contributed by atoms with Crippen LogP contribution in [-0.4, -0.2) is 33.4 Å². The van der Waals surface area contributed by atoms with Crippen LogP contribution in [0.1, 0.15) is 34.0 Å².